The normalized spacial score (nSPS) is 11.1. The minimum atomic E-state index is -2.82. The largest absolute Gasteiger partial charge is 0.435 e. The van der Waals surface area contributed by atoms with Crippen LogP contribution >= 0.6 is 0 Å². The fourth-order valence-electron chi connectivity index (χ4n) is 2.02. The van der Waals surface area contributed by atoms with Gasteiger partial charge in [-0.15, -0.1) is 0 Å². The van der Waals surface area contributed by atoms with Gasteiger partial charge in [0.05, 0.1) is 5.52 Å². The van der Waals surface area contributed by atoms with Crippen molar-refractivity contribution in [1.82, 2.24) is 4.98 Å². The number of hydrogen-bond acceptors (Lipinski definition) is 3. The molecule has 0 aliphatic carbocycles. The molecule has 0 spiro atoms. The summed E-state index contributed by atoms with van der Waals surface area (Å²) in [5, 5.41) is 4.11. The number of pyridine rings is 1. The maximum Gasteiger partial charge on any atom is 0.387 e. The number of aryl methyl sites for hydroxylation is 1. The Kier molecular flexibility index (Phi) is 4.71. The zero-order chi connectivity index (χ0) is 14.5. The lowest BCUT2D eigenvalue weighted by molar-refractivity contribution is -0.0497. The molecule has 1 N–H and O–H groups in total. The van der Waals surface area contributed by atoms with E-state index in [2.05, 4.69) is 22.0 Å². The van der Waals surface area contributed by atoms with Crippen LogP contribution < -0.4 is 10.1 Å². The van der Waals surface area contributed by atoms with E-state index >= 15 is 0 Å². The smallest absolute Gasteiger partial charge is 0.387 e. The molecular formula is C15H18F2N2O. The Labute approximate surface area is 117 Å². The molecule has 2 rings (SSSR count). The van der Waals surface area contributed by atoms with E-state index in [1.54, 1.807) is 12.1 Å². The van der Waals surface area contributed by atoms with Gasteiger partial charge in [0.15, 0.2) is 0 Å². The van der Waals surface area contributed by atoms with Gasteiger partial charge in [0, 0.05) is 23.3 Å². The van der Waals surface area contributed by atoms with Crippen molar-refractivity contribution in [2.45, 2.75) is 33.3 Å². The van der Waals surface area contributed by atoms with Gasteiger partial charge in [-0.25, -0.2) is 0 Å². The van der Waals surface area contributed by atoms with Crippen LogP contribution in [0.1, 0.15) is 26.0 Å². The highest BCUT2D eigenvalue weighted by molar-refractivity contribution is 5.92. The molecule has 108 valence electrons. The monoisotopic (exact) mass is 280 g/mol. The standard InChI is InChI=1S/C15H18F2N2O/c1-3-7-18-14-8-10(4-2)19-13-6-5-11(9-12(13)14)20-15(16)17/h5-6,8-9,15H,3-4,7H2,1-2H3,(H,18,19). The van der Waals surface area contributed by atoms with Crippen LogP contribution in [-0.4, -0.2) is 18.1 Å². The van der Waals surface area contributed by atoms with Gasteiger partial charge in [0.1, 0.15) is 5.75 Å². The summed E-state index contributed by atoms with van der Waals surface area (Å²) in [5.41, 5.74) is 2.66. The van der Waals surface area contributed by atoms with Gasteiger partial charge >= 0.3 is 6.61 Å². The second-order valence-electron chi connectivity index (χ2n) is 4.50. The molecule has 2 aromatic rings. The van der Waals surface area contributed by atoms with Crippen LogP contribution in [0.4, 0.5) is 14.5 Å². The molecule has 0 atom stereocenters. The lowest BCUT2D eigenvalue weighted by Gasteiger charge is -2.12. The van der Waals surface area contributed by atoms with Gasteiger partial charge in [-0.3, -0.25) is 4.98 Å². The molecule has 0 aliphatic heterocycles. The second kappa shape index (κ2) is 6.50. The highest BCUT2D eigenvalue weighted by Crippen LogP contribution is 2.28. The van der Waals surface area contributed by atoms with Crippen LogP contribution in [0.5, 0.6) is 5.75 Å². The Morgan fingerprint density at radius 3 is 2.70 bits per heavy atom. The van der Waals surface area contributed by atoms with Gasteiger partial charge in [-0.1, -0.05) is 13.8 Å². The summed E-state index contributed by atoms with van der Waals surface area (Å²) in [5.74, 6) is 0.151. The molecule has 0 aliphatic rings. The summed E-state index contributed by atoms with van der Waals surface area (Å²) in [6.45, 7) is 2.11. The van der Waals surface area contributed by atoms with Gasteiger partial charge in [0.2, 0.25) is 0 Å². The van der Waals surface area contributed by atoms with Crippen molar-refractivity contribution in [3.05, 3.63) is 30.0 Å². The fraction of sp³-hybridized carbons (Fsp3) is 0.400. The first kappa shape index (κ1) is 14.5. The predicted octanol–water partition coefficient (Wildman–Crippen LogP) is 4.22. The average molecular weight is 280 g/mol. The van der Waals surface area contributed by atoms with Gasteiger partial charge in [-0.2, -0.15) is 8.78 Å². The minimum Gasteiger partial charge on any atom is -0.435 e. The molecule has 0 saturated heterocycles. The number of anilines is 1. The van der Waals surface area contributed by atoms with E-state index in [9.17, 15) is 8.78 Å². The Bertz CT molecular complexity index is 587. The van der Waals surface area contributed by atoms with E-state index in [1.807, 2.05) is 13.0 Å². The van der Waals surface area contributed by atoms with Crippen LogP contribution in [0.2, 0.25) is 0 Å². The van der Waals surface area contributed by atoms with Crippen molar-refractivity contribution in [3.8, 4) is 5.75 Å². The molecule has 0 amide bonds. The van der Waals surface area contributed by atoms with E-state index in [4.69, 9.17) is 0 Å². The Morgan fingerprint density at radius 1 is 1.25 bits per heavy atom. The maximum atomic E-state index is 12.3. The van der Waals surface area contributed by atoms with Crippen LogP contribution in [0, 0.1) is 0 Å². The highest BCUT2D eigenvalue weighted by atomic mass is 19.3. The van der Waals surface area contributed by atoms with E-state index in [1.165, 1.54) is 6.07 Å². The number of benzene rings is 1. The van der Waals surface area contributed by atoms with Crippen molar-refractivity contribution >= 4 is 16.6 Å². The number of hydrogen-bond donors (Lipinski definition) is 1. The third kappa shape index (κ3) is 3.35. The molecule has 0 radical (unpaired) electrons. The number of aromatic nitrogens is 1. The van der Waals surface area contributed by atoms with E-state index in [-0.39, 0.29) is 5.75 Å². The molecule has 5 heteroatoms. The Morgan fingerprint density at radius 2 is 2.05 bits per heavy atom. The zero-order valence-electron chi connectivity index (χ0n) is 11.6. The van der Waals surface area contributed by atoms with Crippen molar-refractivity contribution in [1.29, 1.82) is 0 Å². The summed E-state index contributed by atoms with van der Waals surface area (Å²) >= 11 is 0. The first-order valence-corrected chi connectivity index (χ1v) is 6.76. The average Bonchev–Trinajstić information content (AvgIpc) is 2.44. The van der Waals surface area contributed by atoms with Crippen LogP contribution in [0.3, 0.4) is 0 Å². The third-order valence-corrected chi connectivity index (χ3v) is 2.99. The predicted molar refractivity (Wildman–Crippen MR) is 76.5 cm³/mol. The first-order chi connectivity index (χ1) is 9.63. The lowest BCUT2D eigenvalue weighted by atomic mass is 10.1. The first-order valence-electron chi connectivity index (χ1n) is 6.76. The Hall–Kier alpha value is -1.91. The summed E-state index contributed by atoms with van der Waals surface area (Å²) in [6.07, 6.45) is 1.81. The molecule has 1 aromatic heterocycles. The number of rotatable bonds is 6. The topological polar surface area (TPSA) is 34.2 Å². The minimum absolute atomic E-state index is 0.151. The third-order valence-electron chi connectivity index (χ3n) is 2.99. The van der Waals surface area contributed by atoms with Crippen LogP contribution in [-0.2, 0) is 6.42 Å². The number of ether oxygens (including phenoxy) is 1. The van der Waals surface area contributed by atoms with Crippen LogP contribution in [0.15, 0.2) is 24.3 Å². The van der Waals surface area contributed by atoms with Crippen molar-refractivity contribution < 1.29 is 13.5 Å². The van der Waals surface area contributed by atoms with Crippen molar-refractivity contribution in [3.63, 3.8) is 0 Å². The quantitative estimate of drug-likeness (QED) is 0.860. The lowest BCUT2D eigenvalue weighted by Crippen LogP contribution is -2.04. The number of alkyl halides is 2. The summed E-state index contributed by atoms with van der Waals surface area (Å²) in [7, 11) is 0. The van der Waals surface area contributed by atoms with E-state index in [0.29, 0.717) is 0 Å². The Balaban J connectivity index is 2.47. The summed E-state index contributed by atoms with van der Waals surface area (Å²) in [4.78, 5) is 4.50. The van der Waals surface area contributed by atoms with Crippen molar-refractivity contribution in [2.75, 3.05) is 11.9 Å². The molecule has 3 nitrogen and oxygen atoms in total. The maximum absolute atomic E-state index is 12.3. The number of halogens is 2. The van der Waals surface area contributed by atoms with Gasteiger partial charge in [-0.05, 0) is 37.1 Å². The number of fused-ring (bicyclic) bond motifs is 1. The summed E-state index contributed by atoms with van der Waals surface area (Å²) < 4.78 is 29.0. The molecule has 0 saturated carbocycles. The molecule has 1 aromatic carbocycles. The highest BCUT2D eigenvalue weighted by Gasteiger charge is 2.09. The van der Waals surface area contributed by atoms with E-state index < -0.39 is 6.61 Å². The second-order valence-corrected chi connectivity index (χ2v) is 4.50. The fourth-order valence-corrected chi connectivity index (χ4v) is 2.02. The van der Waals surface area contributed by atoms with E-state index in [0.717, 1.165) is 41.7 Å². The molecule has 20 heavy (non-hydrogen) atoms. The molecule has 0 unspecified atom stereocenters. The SMILES string of the molecule is CCCNc1cc(CC)nc2ccc(OC(F)F)cc12. The van der Waals surface area contributed by atoms with Gasteiger partial charge < -0.3 is 10.1 Å². The molecule has 0 bridgehead atoms. The van der Waals surface area contributed by atoms with Crippen molar-refractivity contribution in [2.24, 2.45) is 0 Å². The molecule has 0 fully saturated rings. The number of nitrogens with one attached hydrogen (secondary N) is 1. The molecule has 1 heterocycles. The summed E-state index contributed by atoms with van der Waals surface area (Å²) in [6, 6.07) is 6.80. The number of nitrogens with zero attached hydrogens (tertiary/aromatic N) is 1. The van der Waals surface area contributed by atoms with Crippen LogP contribution in [0.25, 0.3) is 10.9 Å². The molecular weight excluding hydrogens is 262 g/mol. The zero-order valence-corrected chi connectivity index (χ0v) is 11.6. The van der Waals surface area contributed by atoms with Gasteiger partial charge in [0.25, 0.3) is 0 Å².